The number of hydrogen-bond acceptors (Lipinski definition) is 5. The summed E-state index contributed by atoms with van der Waals surface area (Å²) in [4.78, 5) is 12.8. The van der Waals surface area contributed by atoms with Crippen LogP contribution in [0.3, 0.4) is 0 Å². The van der Waals surface area contributed by atoms with Gasteiger partial charge in [-0.25, -0.2) is 4.79 Å². The van der Waals surface area contributed by atoms with E-state index in [2.05, 4.69) is 11.8 Å². The first-order valence-electron chi connectivity index (χ1n) is 11.6. The molecule has 3 atom stereocenters. The number of aliphatic hydroxyl groups is 2. The number of carboxylic acids is 1. The monoisotopic (exact) mass is 463 g/mol. The molecule has 0 saturated heterocycles. The smallest absolute Gasteiger partial charge is 0.341 e. The lowest BCUT2D eigenvalue weighted by atomic mass is 10.0. The van der Waals surface area contributed by atoms with Gasteiger partial charge in [-0.15, -0.1) is 0 Å². The van der Waals surface area contributed by atoms with Gasteiger partial charge in [0.2, 0.25) is 0 Å². The highest BCUT2D eigenvalue weighted by molar-refractivity contribution is 5.68. The van der Waals surface area contributed by atoms with Gasteiger partial charge in [0.1, 0.15) is 5.75 Å². The average molecular weight is 464 g/mol. The third-order valence-electron chi connectivity index (χ3n) is 5.94. The van der Waals surface area contributed by atoms with Crippen molar-refractivity contribution in [2.75, 3.05) is 19.7 Å². The molecule has 6 heteroatoms. The second-order valence-electron chi connectivity index (χ2n) is 8.52. The summed E-state index contributed by atoms with van der Waals surface area (Å²) in [6.07, 6.45) is 0.326. The molecule has 0 aliphatic carbocycles. The first-order valence-corrected chi connectivity index (χ1v) is 11.6. The molecule has 6 nitrogen and oxygen atoms in total. The number of carbonyl (C=O) groups is 1. The van der Waals surface area contributed by atoms with Gasteiger partial charge >= 0.3 is 5.97 Å². The van der Waals surface area contributed by atoms with E-state index in [0.29, 0.717) is 18.8 Å². The summed E-state index contributed by atoms with van der Waals surface area (Å²) in [6, 6.07) is 26.7. The number of aryl methyl sites for hydroxylation is 1. The maximum absolute atomic E-state index is 10.8. The Morgan fingerprint density at radius 2 is 1.32 bits per heavy atom. The molecule has 0 heterocycles. The predicted octanol–water partition coefficient (Wildman–Crippen LogP) is 4.24. The fourth-order valence-electron chi connectivity index (χ4n) is 3.90. The molecular weight excluding hydrogens is 430 g/mol. The van der Waals surface area contributed by atoms with Crippen molar-refractivity contribution in [2.24, 2.45) is 0 Å². The van der Waals surface area contributed by atoms with Gasteiger partial charge in [0.05, 0.1) is 12.2 Å². The van der Waals surface area contributed by atoms with Crippen LogP contribution in [-0.2, 0) is 11.2 Å². The molecular formula is C28H33NO5. The highest BCUT2D eigenvalue weighted by Gasteiger charge is 2.22. The van der Waals surface area contributed by atoms with E-state index in [1.54, 1.807) is 12.1 Å². The van der Waals surface area contributed by atoms with Crippen LogP contribution in [0.1, 0.15) is 42.2 Å². The molecule has 0 aromatic heterocycles. The van der Waals surface area contributed by atoms with Crippen molar-refractivity contribution in [3.8, 4) is 5.75 Å². The van der Waals surface area contributed by atoms with E-state index in [4.69, 9.17) is 9.84 Å². The molecule has 0 radical (unpaired) electrons. The molecule has 34 heavy (non-hydrogen) atoms. The number of rotatable bonds is 13. The summed E-state index contributed by atoms with van der Waals surface area (Å²) in [6.45, 7) is 2.58. The highest BCUT2D eigenvalue weighted by atomic mass is 16.5. The number of ether oxygens (including phenoxy) is 1. The number of nitrogens with zero attached hydrogens (tertiary/aromatic N) is 1. The van der Waals surface area contributed by atoms with Crippen LogP contribution in [0.25, 0.3) is 0 Å². The van der Waals surface area contributed by atoms with Crippen molar-refractivity contribution in [1.82, 2.24) is 4.90 Å². The van der Waals surface area contributed by atoms with E-state index in [9.17, 15) is 15.0 Å². The molecule has 0 saturated carbocycles. The van der Waals surface area contributed by atoms with Gasteiger partial charge in [-0.05, 0) is 48.6 Å². The zero-order valence-corrected chi connectivity index (χ0v) is 19.5. The SMILES string of the molecule is CC(CCc1ccc(OCC(=O)O)cc1)N(CC(O)c1ccccc1)CC(O)c1ccccc1. The molecule has 180 valence electrons. The van der Waals surface area contributed by atoms with Crippen molar-refractivity contribution in [3.63, 3.8) is 0 Å². The Morgan fingerprint density at radius 3 is 1.79 bits per heavy atom. The lowest BCUT2D eigenvalue weighted by molar-refractivity contribution is -0.139. The Morgan fingerprint density at radius 1 is 0.824 bits per heavy atom. The second kappa shape index (κ2) is 12.9. The molecule has 0 aliphatic heterocycles. The van der Waals surface area contributed by atoms with Crippen molar-refractivity contribution in [3.05, 3.63) is 102 Å². The fourth-order valence-corrected chi connectivity index (χ4v) is 3.90. The van der Waals surface area contributed by atoms with E-state index < -0.39 is 18.2 Å². The number of hydrogen-bond donors (Lipinski definition) is 3. The highest BCUT2D eigenvalue weighted by Crippen LogP contribution is 2.22. The number of aliphatic carboxylic acids is 1. The third-order valence-corrected chi connectivity index (χ3v) is 5.94. The number of aliphatic hydroxyl groups excluding tert-OH is 2. The molecule has 3 rings (SSSR count). The van der Waals surface area contributed by atoms with Crippen LogP contribution < -0.4 is 4.74 Å². The van der Waals surface area contributed by atoms with Crippen LogP contribution in [-0.4, -0.2) is 51.9 Å². The van der Waals surface area contributed by atoms with Crippen molar-refractivity contribution >= 4 is 5.97 Å². The van der Waals surface area contributed by atoms with E-state index in [0.717, 1.165) is 29.5 Å². The Kier molecular flexibility index (Phi) is 9.64. The molecule has 0 spiro atoms. The minimum atomic E-state index is -1.01. The van der Waals surface area contributed by atoms with Gasteiger partial charge in [-0.1, -0.05) is 72.8 Å². The quantitative estimate of drug-likeness (QED) is 0.351. The van der Waals surface area contributed by atoms with Crippen molar-refractivity contribution in [1.29, 1.82) is 0 Å². The first kappa shape index (κ1) is 25.4. The van der Waals surface area contributed by atoms with Crippen molar-refractivity contribution in [2.45, 2.75) is 38.0 Å². The minimum Gasteiger partial charge on any atom is -0.482 e. The molecule has 3 aromatic rings. The Bertz CT molecular complexity index is 947. The zero-order valence-electron chi connectivity index (χ0n) is 19.5. The van der Waals surface area contributed by atoms with E-state index in [1.165, 1.54) is 0 Å². The first-order chi connectivity index (χ1) is 16.4. The van der Waals surface area contributed by atoms with Gasteiger partial charge in [0, 0.05) is 19.1 Å². The lowest BCUT2D eigenvalue weighted by Gasteiger charge is -2.33. The van der Waals surface area contributed by atoms with Crippen LogP contribution in [0, 0.1) is 0 Å². The summed E-state index contributed by atoms with van der Waals surface area (Å²) in [5.41, 5.74) is 2.82. The van der Waals surface area contributed by atoms with E-state index >= 15 is 0 Å². The molecule has 3 unspecified atom stereocenters. The Hall–Kier alpha value is -3.19. The Labute approximate surface area is 201 Å². The average Bonchev–Trinajstić information content (AvgIpc) is 2.87. The second-order valence-corrected chi connectivity index (χ2v) is 8.52. The van der Waals surface area contributed by atoms with Gasteiger partial charge in [0.25, 0.3) is 0 Å². The normalized spacial score (nSPS) is 13.9. The predicted molar refractivity (Wildman–Crippen MR) is 132 cm³/mol. The molecule has 0 amide bonds. The molecule has 0 bridgehead atoms. The molecule has 0 aliphatic rings. The summed E-state index contributed by atoms with van der Waals surface area (Å²) in [5, 5.41) is 30.4. The van der Waals surface area contributed by atoms with Crippen LogP contribution in [0.5, 0.6) is 5.75 Å². The summed E-state index contributed by atoms with van der Waals surface area (Å²) >= 11 is 0. The van der Waals surface area contributed by atoms with Gasteiger partial charge < -0.3 is 20.1 Å². The zero-order chi connectivity index (χ0) is 24.3. The fraction of sp³-hybridized carbons (Fsp3) is 0.321. The molecule has 3 aromatic carbocycles. The van der Waals surface area contributed by atoms with Gasteiger partial charge in [0.15, 0.2) is 6.61 Å². The molecule has 0 fully saturated rings. The van der Waals surface area contributed by atoms with Gasteiger partial charge in [-0.2, -0.15) is 0 Å². The summed E-state index contributed by atoms with van der Waals surface area (Å²) in [5.74, 6) is -0.480. The van der Waals surface area contributed by atoms with Crippen LogP contribution >= 0.6 is 0 Å². The maximum atomic E-state index is 10.8. The topological polar surface area (TPSA) is 90.2 Å². The van der Waals surface area contributed by atoms with Crippen molar-refractivity contribution < 1.29 is 24.9 Å². The summed E-state index contributed by atoms with van der Waals surface area (Å²) < 4.78 is 5.19. The van der Waals surface area contributed by atoms with E-state index in [-0.39, 0.29) is 12.6 Å². The largest absolute Gasteiger partial charge is 0.482 e. The maximum Gasteiger partial charge on any atom is 0.341 e. The standard InChI is InChI=1S/C28H33NO5/c1-21(12-13-22-14-16-25(17-15-22)34-20-28(32)33)29(18-26(30)23-8-4-2-5-9-23)19-27(31)24-10-6-3-7-11-24/h2-11,14-17,21,26-27,30-31H,12-13,18-20H2,1H3,(H,32,33). The van der Waals surface area contributed by atoms with Crippen LogP contribution in [0.15, 0.2) is 84.9 Å². The number of benzene rings is 3. The van der Waals surface area contributed by atoms with E-state index in [1.807, 2.05) is 72.8 Å². The lowest BCUT2D eigenvalue weighted by Crippen LogP contribution is -2.39. The number of carboxylic acid groups (broad SMARTS) is 1. The Balaban J connectivity index is 1.64. The van der Waals surface area contributed by atoms with Gasteiger partial charge in [-0.3, -0.25) is 4.90 Å². The minimum absolute atomic E-state index is 0.111. The third kappa shape index (κ3) is 7.99. The van der Waals surface area contributed by atoms with Crippen LogP contribution in [0.2, 0.25) is 0 Å². The summed E-state index contributed by atoms with van der Waals surface area (Å²) in [7, 11) is 0. The van der Waals surface area contributed by atoms with Crippen LogP contribution in [0.4, 0.5) is 0 Å². The molecule has 3 N–H and O–H groups in total.